The maximum atomic E-state index is 14.3. The van der Waals surface area contributed by atoms with Crippen LogP contribution in [0.25, 0.3) is 21.9 Å². The Balaban J connectivity index is 1.66. The summed E-state index contributed by atoms with van der Waals surface area (Å²) in [5.41, 5.74) is -3.20. The van der Waals surface area contributed by atoms with Gasteiger partial charge in [-0.15, -0.1) is 0 Å². The van der Waals surface area contributed by atoms with Gasteiger partial charge in [-0.05, 0) is 56.2 Å². The fourth-order valence-electron chi connectivity index (χ4n) is 7.38. The van der Waals surface area contributed by atoms with E-state index in [1.54, 1.807) is 19.9 Å². The van der Waals surface area contributed by atoms with Crippen molar-refractivity contribution in [2.75, 3.05) is 13.7 Å². The number of aryl methyl sites for hydroxylation is 2. The number of phenolic OH excluding ortho intramolecular Hbond substituents is 2. The molecule has 2 aromatic heterocycles. The second-order valence-electron chi connectivity index (χ2n) is 11.3. The van der Waals surface area contributed by atoms with Crippen LogP contribution in [-0.2, 0) is 35.8 Å². The van der Waals surface area contributed by atoms with Crippen molar-refractivity contribution in [2.24, 2.45) is 11.8 Å². The van der Waals surface area contributed by atoms with Gasteiger partial charge in [0.15, 0.2) is 0 Å². The molecule has 222 valence electrons. The number of rotatable bonds is 3. The Morgan fingerprint density at radius 3 is 2.16 bits per heavy atom. The van der Waals surface area contributed by atoms with Gasteiger partial charge < -0.3 is 38.4 Å². The molecule has 0 unspecified atom stereocenters. The van der Waals surface area contributed by atoms with Gasteiger partial charge in [-0.3, -0.25) is 9.59 Å². The van der Waals surface area contributed by atoms with Crippen LogP contribution in [0.2, 0.25) is 0 Å². The monoisotopic (exact) mass is 590 g/mol. The highest BCUT2D eigenvalue weighted by Crippen LogP contribution is 2.67. The molecule has 2 aliphatic carbocycles. The second-order valence-corrected chi connectivity index (χ2v) is 11.3. The van der Waals surface area contributed by atoms with Gasteiger partial charge in [0.25, 0.3) is 5.79 Å². The number of ether oxygens (including phenoxy) is 3. The van der Waals surface area contributed by atoms with Crippen LogP contribution in [0.4, 0.5) is 0 Å². The molecule has 2 aromatic carbocycles. The number of phenols is 2. The summed E-state index contributed by atoms with van der Waals surface area (Å²) in [6.07, 6.45) is -0.281. The van der Waals surface area contributed by atoms with Gasteiger partial charge in [-0.2, -0.15) is 0 Å². The predicted molar refractivity (Wildman–Crippen MR) is 147 cm³/mol. The predicted octanol–water partition coefficient (Wildman–Crippen LogP) is 2.51. The number of aromatic hydroxyl groups is 2. The first-order chi connectivity index (χ1) is 20.4. The molecule has 1 fully saturated rings. The summed E-state index contributed by atoms with van der Waals surface area (Å²) in [6, 6.07) is 5.82. The number of benzene rings is 2. The first-order valence-electron chi connectivity index (χ1n) is 13.7. The standard InChI is InChI=1S/C31H26O12/c1-5-40-29(37)31(38)13-10-18-21(25(34)19-14(32)6-11(2)8-16(19)41-18)22-23(13)30(43-31,28(36)39-4)24-26(35)20-15(33)7-12(3)9-17(20)42-27(22)24/h6-9,13,22-23,32-33,38H,5,10H2,1-4H3/t13-,22+,23-,30-,31+/m0/s1. The minimum atomic E-state index is -2.78. The summed E-state index contributed by atoms with van der Waals surface area (Å²) in [6.45, 7) is 4.76. The topological polar surface area (TPSA) is 183 Å². The molecule has 7 rings (SSSR count). The summed E-state index contributed by atoms with van der Waals surface area (Å²) in [5.74, 6) is -9.83. The summed E-state index contributed by atoms with van der Waals surface area (Å²) >= 11 is 0. The van der Waals surface area contributed by atoms with Gasteiger partial charge in [-0.1, -0.05) is 0 Å². The average Bonchev–Trinajstić information content (AvgIpc) is 3.37. The molecule has 0 spiro atoms. The van der Waals surface area contributed by atoms with E-state index in [1.807, 2.05) is 0 Å². The van der Waals surface area contributed by atoms with Crippen molar-refractivity contribution >= 4 is 33.9 Å². The summed E-state index contributed by atoms with van der Waals surface area (Å²) in [5, 5.41) is 33.0. The van der Waals surface area contributed by atoms with Crippen LogP contribution in [0, 0.1) is 25.7 Å². The Morgan fingerprint density at radius 1 is 0.953 bits per heavy atom. The zero-order valence-electron chi connectivity index (χ0n) is 23.5. The van der Waals surface area contributed by atoms with Crippen LogP contribution in [-0.4, -0.2) is 46.8 Å². The average molecular weight is 591 g/mol. The van der Waals surface area contributed by atoms with E-state index in [2.05, 4.69) is 0 Å². The van der Waals surface area contributed by atoms with Gasteiger partial charge in [-0.25, -0.2) is 9.59 Å². The lowest BCUT2D eigenvalue weighted by Crippen LogP contribution is -2.50. The van der Waals surface area contributed by atoms with Crippen LogP contribution in [0.1, 0.15) is 46.6 Å². The van der Waals surface area contributed by atoms with Gasteiger partial charge in [0, 0.05) is 23.8 Å². The normalized spacial score (nSPS) is 26.7. The molecule has 43 heavy (non-hydrogen) atoms. The molecule has 3 aliphatic rings. The van der Waals surface area contributed by atoms with Gasteiger partial charge in [0.2, 0.25) is 16.5 Å². The highest BCUT2D eigenvalue weighted by molar-refractivity contribution is 5.92. The smallest absolute Gasteiger partial charge is 0.367 e. The van der Waals surface area contributed by atoms with E-state index >= 15 is 0 Å². The molecule has 1 saturated heterocycles. The van der Waals surface area contributed by atoms with Gasteiger partial charge >= 0.3 is 11.9 Å². The maximum absolute atomic E-state index is 14.3. The number of fused-ring (bicyclic) bond motifs is 7. The van der Waals surface area contributed by atoms with E-state index in [9.17, 15) is 34.5 Å². The molecular formula is C31H26O12. The molecule has 1 aliphatic heterocycles. The van der Waals surface area contributed by atoms with E-state index in [1.165, 1.54) is 25.1 Å². The number of esters is 2. The second kappa shape index (κ2) is 8.68. The third-order valence-corrected chi connectivity index (χ3v) is 8.89. The largest absolute Gasteiger partial charge is 0.507 e. The third kappa shape index (κ3) is 3.22. The zero-order chi connectivity index (χ0) is 30.7. The lowest BCUT2D eigenvalue weighted by molar-refractivity contribution is -0.253. The zero-order valence-corrected chi connectivity index (χ0v) is 23.5. The van der Waals surface area contributed by atoms with Crippen molar-refractivity contribution < 1.29 is 48.0 Å². The van der Waals surface area contributed by atoms with Crippen LogP contribution in [0.15, 0.2) is 42.7 Å². The lowest BCUT2D eigenvalue weighted by atomic mass is 9.66. The molecule has 0 radical (unpaired) electrons. The number of aliphatic hydroxyl groups is 1. The first kappa shape index (κ1) is 27.2. The van der Waals surface area contributed by atoms with E-state index < -0.39 is 63.3 Å². The molecule has 0 amide bonds. The van der Waals surface area contributed by atoms with Crippen LogP contribution < -0.4 is 10.9 Å². The Morgan fingerprint density at radius 2 is 1.56 bits per heavy atom. The third-order valence-electron chi connectivity index (χ3n) is 8.89. The SMILES string of the molecule is CCOC(=O)[C@]1(O)O[C@]2(C(=O)OC)c3c(oc4cc(C)cc(O)c4c3=O)[C@@H]3c4c(oc5cc(C)cc(O)c5c4=O)C[C@H]1[C@@H]32. The molecule has 0 saturated carbocycles. The van der Waals surface area contributed by atoms with Crippen molar-refractivity contribution in [3.8, 4) is 11.5 Å². The fourth-order valence-corrected chi connectivity index (χ4v) is 7.38. The maximum Gasteiger partial charge on any atom is 0.367 e. The number of hydrogen-bond acceptors (Lipinski definition) is 12. The van der Waals surface area contributed by atoms with E-state index in [-0.39, 0.29) is 57.8 Å². The highest BCUT2D eigenvalue weighted by atomic mass is 16.7. The minimum Gasteiger partial charge on any atom is -0.507 e. The number of methoxy groups -OCH3 is 1. The van der Waals surface area contributed by atoms with Crippen LogP contribution in [0.3, 0.4) is 0 Å². The van der Waals surface area contributed by atoms with E-state index in [0.29, 0.717) is 11.1 Å². The van der Waals surface area contributed by atoms with Crippen LogP contribution in [0.5, 0.6) is 11.5 Å². The first-order valence-corrected chi connectivity index (χ1v) is 13.7. The molecule has 3 N–H and O–H groups in total. The molecular weight excluding hydrogens is 564 g/mol. The Kier molecular flexibility index (Phi) is 5.48. The van der Waals surface area contributed by atoms with Crippen molar-refractivity contribution in [3.63, 3.8) is 0 Å². The number of hydrogen-bond donors (Lipinski definition) is 3. The molecule has 12 heteroatoms. The summed E-state index contributed by atoms with van der Waals surface area (Å²) in [7, 11) is 1.05. The van der Waals surface area contributed by atoms with Gasteiger partial charge in [0.1, 0.15) is 45.0 Å². The van der Waals surface area contributed by atoms with Crippen molar-refractivity contribution in [1.29, 1.82) is 0 Å². The van der Waals surface area contributed by atoms with Gasteiger partial charge in [0.05, 0.1) is 25.2 Å². The highest BCUT2D eigenvalue weighted by Gasteiger charge is 2.78. The van der Waals surface area contributed by atoms with Crippen molar-refractivity contribution in [2.45, 2.75) is 44.5 Å². The van der Waals surface area contributed by atoms with Crippen LogP contribution >= 0.6 is 0 Å². The molecule has 4 aromatic rings. The van der Waals surface area contributed by atoms with Crippen molar-refractivity contribution in [3.05, 3.63) is 78.5 Å². The molecule has 12 nitrogen and oxygen atoms in total. The Bertz CT molecular complexity index is 2050. The molecule has 0 bridgehead atoms. The van der Waals surface area contributed by atoms with E-state index in [0.717, 1.165) is 7.11 Å². The Hall–Kier alpha value is -4.68. The fraction of sp³-hybridized carbons (Fsp3) is 0.355. The summed E-state index contributed by atoms with van der Waals surface area (Å²) in [4.78, 5) is 55.6. The quantitative estimate of drug-likeness (QED) is 0.297. The summed E-state index contributed by atoms with van der Waals surface area (Å²) < 4.78 is 28.7. The number of carbonyl (C=O) groups excluding carboxylic acids is 2. The van der Waals surface area contributed by atoms with E-state index in [4.69, 9.17) is 23.0 Å². The Labute approximate surface area is 242 Å². The molecule has 5 atom stereocenters. The van der Waals surface area contributed by atoms with Crippen molar-refractivity contribution in [1.82, 2.24) is 0 Å². The number of carbonyl (C=O) groups is 2. The lowest BCUT2D eigenvalue weighted by Gasteiger charge is -2.35. The minimum absolute atomic E-state index is 0.0192. The molecule has 3 heterocycles.